The quantitative estimate of drug-likeness (QED) is 0.819. The molecule has 1 heterocycles. The summed E-state index contributed by atoms with van der Waals surface area (Å²) in [5.74, 6) is -0.0264. The summed E-state index contributed by atoms with van der Waals surface area (Å²) < 4.78 is 27.0. The molecular weight excluding hydrogens is 278 g/mol. The molecule has 2 unspecified atom stereocenters. The number of amides is 1. The second-order valence-corrected chi connectivity index (χ2v) is 7.05. The van der Waals surface area contributed by atoms with E-state index in [0.29, 0.717) is 19.4 Å². The Kier molecular flexibility index (Phi) is 3.07. The van der Waals surface area contributed by atoms with Gasteiger partial charge in [-0.05, 0) is 36.6 Å². The van der Waals surface area contributed by atoms with Crippen molar-refractivity contribution in [2.75, 3.05) is 11.4 Å². The molecule has 0 radical (unpaired) electrons. The molecule has 0 spiro atoms. The van der Waals surface area contributed by atoms with E-state index in [1.165, 1.54) is 13.0 Å². The number of nitrogens with two attached hydrogens (primary N) is 1. The topological polar surface area (TPSA) is 92.5 Å². The number of benzene rings is 1. The van der Waals surface area contributed by atoms with Gasteiger partial charge in [0.25, 0.3) is 0 Å². The molecule has 0 aromatic heterocycles. The predicted octanol–water partition coefficient (Wildman–Crippen LogP) is -0.0265. The van der Waals surface area contributed by atoms with Gasteiger partial charge in [0.05, 0.1) is 4.90 Å². The molecule has 1 aliphatic heterocycles. The van der Waals surface area contributed by atoms with Crippen LogP contribution in [0, 0.1) is 0 Å². The van der Waals surface area contributed by atoms with Gasteiger partial charge in [0.15, 0.2) is 0 Å². The Hall–Kier alpha value is -1.44. The van der Waals surface area contributed by atoms with Crippen molar-refractivity contribution in [3.05, 3.63) is 23.8 Å². The molecule has 3 N–H and O–H groups in total. The third-order valence-corrected chi connectivity index (χ3v) is 5.27. The van der Waals surface area contributed by atoms with Crippen LogP contribution in [0.5, 0.6) is 0 Å². The van der Waals surface area contributed by atoms with Crippen LogP contribution >= 0.6 is 0 Å². The van der Waals surface area contributed by atoms with Gasteiger partial charge in [-0.3, -0.25) is 4.79 Å². The fourth-order valence-corrected chi connectivity index (χ4v) is 3.84. The van der Waals surface area contributed by atoms with Crippen LogP contribution in [0.15, 0.2) is 23.1 Å². The highest BCUT2D eigenvalue weighted by atomic mass is 32.2. The van der Waals surface area contributed by atoms with Crippen molar-refractivity contribution in [2.24, 2.45) is 5.73 Å². The Morgan fingerprint density at radius 2 is 2.15 bits per heavy atom. The first-order valence-electron chi connectivity index (χ1n) is 6.57. The summed E-state index contributed by atoms with van der Waals surface area (Å²) in [6.07, 6.45) is 1.36. The number of fused-ring (bicyclic) bond motifs is 1. The molecule has 1 aliphatic carbocycles. The third-order valence-electron chi connectivity index (χ3n) is 3.78. The van der Waals surface area contributed by atoms with E-state index in [-0.39, 0.29) is 22.9 Å². The van der Waals surface area contributed by atoms with E-state index >= 15 is 0 Å². The minimum absolute atomic E-state index is 0.0264. The first-order valence-corrected chi connectivity index (χ1v) is 8.06. The maximum absolute atomic E-state index is 12.2. The van der Waals surface area contributed by atoms with E-state index in [2.05, 4.69) is 4.72 Å². The maximum Gasteiger partial charge on any atom is 0.240 e. The molecule has 3 rings (SSSR count). The van der Waals surface area contributed by atoms with Crippen LogP contribution in [-0.2, 0) is 21.2 Å². The van der Waals surface area contributed by atoms with Crippen LogP contribution in [0.1, 0.15) is 18.9 Å². The number of carbonyl (C=O) groups excluding carboxylic acids is 1. The van der Waals surface area contributed by atoms with Crippen molar-refractivity contribution in [3.8, 4) is 0 Å². The molecule has 6 nitrogen and oxygen atoms in total. The van der Waals surface area contributed by atoms with Gasteiger partial charge in [0.1, 0.15) is 0 Å². The van der Waals surface area contributed by atoms with Gasteiger partial charge in [0.2, 0.25) is 15.9 Å². The first-order chi connectivity index (χ1) is 9.38. The van der Waals surface area contributed by atoms with E-state index in [0.717, 1.165) is 11.3 Å². The van der Waals surface area contributed by atoms with E-state index in [1.54, 1.807) is 17.0 Å². The molecule has 108 valence electrons. The van der Waals surface area contributed by atoms with Crippen molar-refractivity contribution in [2.45, 2.75) is 36.7 Å². The van der Waals surface area contributed by atoms with Gasteiger partial charge in [-0.15, -0.1) is 0 Å². The maximum atomic E-state index is 12.2. The van der Waals surface area contributed by atoms with Crippen LogP contribution in [0.4, 0.5) is 5.69 Å². The standard InChI is InChI=1S/C13H17N3O3S/c1-8(17)16-5-4-9-6-10(2-3-13(9)16)20(18,19)15-12-7-11(12)14/h2-3,6,11-12,15H,4-5,7,14H2,1H3. The zero-order valence-electron chi connectivity index (χ0n) is 11.2. The van der Waals surface area contributed by atoms with Crippen LogP contribution in [0.25, 0.3) is 0 Å². The first kappa shape index (κ1) is 13.5. The molecule has 20 heavy (non-hydrogen) atoms. The molecule has 1 saturated carbocycles. The molecule has 0 saturated heterocycles. The van der Waals surface area contributed by atoms with Crippen LogP contribution in [0.3, 0.4) is 0 Å². The van der Waals surface area contributed by atoms with Crippen LogP contribution < -0.4 is 15.4 Å². The van der Waals surface area contributed by atoms with E-state index in [9.17, 15) is 13.2 Å². The molecule has 2 aliphatic rings. The van der Waals surface area contributed by atoms with Gasteiger partial charge >= 0.3 is 0 Å². The summed E-state index contributed by atoms with van der Waals surface area (Å²) in [6.45, 7) is 2.12. The SMILES string of the molecule is CC(=O)N1CCc2cc(S(=O)(=O)NC3CC3N)ccc21. The molecule has 1 amide bonds. The lowest BCUT2D eigenvalue weighted by Gasteiger charge is -2.15. The number of hydrogen-bond donors (Lipinski definition) is 2. The monoisotopic (exact) mass is 295 g/mol. The number of nitrogens with zero attached hydrogens (tertiary/aromatic N) is 1. The van der Waals surface area contributed by atoms with Gasteiger partial charge in [0, 0.05) is 31.2 Å². The van der Waals surface area contributed by atoms with Gasteiger partial charge < -0.3 is 10.6 Å². The van der Waals surface area contributed by atoms with Crippen molar-refractivity contribution >= 4 is 21.6 Å². The Balaban J connectivity index is 1.88. The fourth-order valence-electron chi connectivity index (χ4n) is 2.49. The van der Waals surface area contributed by atoms with E-state index in [4.69, 9.17) is 5.73 Å². The Morgan fingerprint density at radius 3 is 2.75 bits per heavy atom. The van der Waals surface area contributed by atoms with Crippen molar-refractivity contribution in [3.63, 3.8) is 0 Å². The summed E-state index contributed by atoms with van der Waals surface area (Å²) in [5, 5.41) is 0. The van der Waals surface area contributed by atoms with E-state index in [1.807, 2.05) is 0 Å². The average Bonchev–Trinajstić information content (AvgIpc) is 2.91. The van der Waals surface area contributed by atoms with Gasteiger partial charge in [-0.2, -0.15) is 0 Å². The Morgan fingerprint density at radius 1 is 1.45 bits per heavy atom. The number of nitrogens with one attached hydrogen (secondary N) is 1. The highest BCUT2D eigenvalue weighted by Gasteiger charge is 2.37. The number of hydrogen-bond acceptors (Lipinski definition) is 4. The summed E-state index contributed by atoms with van der Waals surface area (Å²) in [6, 6.07) is 4.66. The molecule has 0 bridgehead atoms. The summed E-state index contributed by atoms with van der Waals surface area (Å²) in [5.41, 5.74) is 7.32. The summed E-state index contributed by atoms with van der Waals surface area (Å²) in [4.78, 5) is 13.4. The number of anilines is 1. The van der Waals surface area contributed by atoms with Crippen LogP contribution in [0.2, 0.25) is 0 Å². The lowest BCUT2D eigenvalue weighted by molar-refractivity contribution is -0.116. The molecular formula is C13H17N3O3S. The largest absolute Gasteiger partial charge is 0.326 e. The van der Waals surface area contributed by atoms with Crippen molar-refractivity contribution < 1.29 is 13.2 Å². The lowest BCUT2D eigenvalue weighted by atomic mass is 10.2. The number of rotatable bonds is 3. The molecule has 1 aromatic carbocycles. The van der Waals surface area contributed by atoms with E-state index < -0.39 is 10.0 Å². The Bertz CT molecular complexity index is 671. The third kappa shape index (κ3) is 2.32. The lowest BCUT2D eigenvalue weighted by Crippen LogP contribution is -2.29. The summed E-state index contributed by atoms with van der Waals surface area (Å²) >= 11 is 0. The second kappa shape index (κ2) is 4.54. The molecule has 1 fully saturated rings. The zero-order valence-corrected chi connectivity index (χ0v) is 12.0. The minimum atomic E-state index is -3.52. The van der Waals surface area contributed by atoms with Crippen LogP contribution in [-0.4, -0.2) is 33.0 Å². The molecule has 2 atom stereocenters. The minimum Gasteiger partial charge on any atom is -0.326 e. The number of carbonyl (C=O) groups is 1. The van der Waals surface area contributed by atoms with Crippen molar-refractivity contribution in [1.82, 2.24) is 4.72 Å². The number of sulfonamides is 1. The predicted molar refractivity (Wildman–Crippen MR) is 74.9 cm³/mol. The molecule has 7 heteroatoms. The normalized spacial score (nSPS) is 24.6. The van der Waals surface area contributed by atoms with Crippen molar-refractivity contribution in [1.29, 1.82) is 0 Å². The zero-order chi connectivity index (χ0) is 14.5. The van der Waals surface area contributed by atoms with Gasteiger partial charge in [-0.1, -0.05) is 0 Å². The van der Waals surface area contributed by atoms with Gasteiger partial charge in [-0.25, -0.2) is 13.1 Å². The summed E-state index contributed by atoms with van der Waals surface area (Å²) in [7, 11) is -3.52. The average molecular weight is 295 g/mol. The smallest absolute Gasteiger partial charge is 0.240 e. The second-order valence-electron chi connectivity index (χ2n) is 5.34. The highest BCUT2D eigenvalue weighted by molar-refractivity contribution is 7.89. The highest BCUT2D eigenvalue weighted by Crippen LogP contribution is 2.30. The molecule has 1 aromatic rings. The Labute approximate surface area is 118 Å². The fraction of sp³-hybridized carbons (Fsp3) is 0.462.